The number of amides is 1. The molecular weight excluding hydrogens is 361 g/mol. The van der Waals surface area contributed by atoms with Crippen molar-refractivity contribution in [2.45, 2.75) is 6.18 Å². The third-order valence-electron chi connectivity index (χ3n) is 3.56. The molecule has 0 aliphatic carbocycles. The first-order chi connectivity index (χ1) is 12.9. The van der Waals surface area contributed by atoms with Crippen molar-refractivity contribution in [1.29, 1.82) is 0 Å². The second-order valence-corrected chi connectivity index (χ2v) is 5.65. The van der Waals surface area contributed by atoms with E-state index in [0.29, 0.717) is 31.8 Å². The molecule has 0 spiro atoms. The molecule has 0 unspecified atom stereocenters. The monoisotopic (exact) mass is 382 g/mol. The molecule has 0 heterocycles. The fourth-order valence-electron chi connectivity index (χ4n) is 2.24. The normalized spacial score (nSPS) is 11.3. The zero-order valence-corrected chi connectivity index (χ0v) is 14.8. The van der Waals surface area contributed by atoms with Gasteiger partial charge < -0.3 is 20.1 Å². The molecule has 0 aliphatic rings. The second-order valence-electron chi connectivity index (χ2n) is 5.65. The molecule has 0 atom stereocenters. The zero-order chi connectivity index (χ0) is 19.7. The van der Waals surface area contributed by atoms with Gasteiger partial charge in [0.2, 0.25) is 0 Å². The Morgan fingerprint density at radius 1 is 1.00 bits per heavy atom. The van der Waals surface area contributed by atoms with Gasteiger partial charge in [0, 0.05) is 32.3 Å². The Hall–Kier alpha value is -2.58. The van der Waals surface area contributed by atoms with Gasteiger partial charge in [-0.3, -0.25) is 4.79 Å². The number of carbonyl (C=O) groups is 1. The van der Waals surface area contributed by atoms with E-state index in [2.05, 4.69) is 10.6 Å². The summed E-state index contributed by atoms with van der Waals surface area (Å²) in [7, 11) is 1.61. The number of rotatable bonds is 9. The molecule has 0 radical (unpaired) electrons. The van der Waals surface area contributed by atoms with Gasteiger partial charge in [-0.1, -0.05) is 12.1 Å². The maximum atomic E-state index is 12.8. The van der Waals surface area contributed by atoms with E-state index in [9.17, 15) is 18.0 Å². The summed E-state index contributed by atoms with van der Waals surface area (Å²) in [5.74, 6) is 0.0305. The summed E-state index contributed by atoms with van der Waals surface area (Å²) in [5, 5.41) is 5.85. The Morgan fingerprint density at radius 2 is 1.70 bits per heavy atom. The molecular formula is C19H21F3N2O3. The van der Waals surface area contributed by atoms with Gasteiger partial charge in [0.1, 0.15) is 11.5 Å². The number of methoxy groups -OCH3 is 1. The summed E-state index contributed by atoms with van der Waals surface area (Å²) in [6.45, 7) is 2.30. The maximum Gasteiger partial charge on any atom is 0.416 e. The first kappa shape index (κ1) is 20.7. The van der Waals surface area contributed by atoms with Crippen LogP contribution in [0.15, 0.2) is 48.5 Å². The van der Waals surface area contributed by atoms with E-state index in [4.69, 9.17) is 9.47 Å². The highest BCUT2D eigenvalue weighted by Crippen LogP contribution is 2.32. The lowest BCUT2D eigenvalue weighted by Gasteiger charge is -2.11. The highest BCUT2D eigenvalue weighted by atomic mass is 19.4. The molecule has 8 heteroatoms. The first-order valence-corrected chi connectivity index (χ1v) is 8.33. The van der Waals surface area contributed by atoms with Crippen LogP contribution in [0.2, 0.25) is 0 Å². The van der Waals surface area contributed by atoms with Gasteiger partial charge in [-0.25, -0.2) is 0 Å². The van der Waals surface area contributed by atoms with Gasteiger partial charge >= 0.3 is 6.18 Å². The van der Waals surface area contributed by atoms with E-state index in [1.807, 2.05) is 0 Å². The topological polar surface area (TPSA) is 59.6 Å². The van der Waals surface area contributed by atoms with Gasteiger partial charge in [-0.05, 0) is 36.4 Å². The van der Waals surface area contributed by atoms with E-state index in [-0.39, 0.29) is 17.4 Å². The molecule has 0 fully saturated rings. The van der Waals surface area contributed by atoms with Crippen LogP contribution in [0, 0.1) is 0 Å². The number of nitrogens with one attached hydrogen (secondary N) is 2. The van der Waals surface area contributed by atoms with Crippen molar-refractivity contribution in [1.82, 2.24) is 10.6 Å². The van der Waals surface area contributed by atoms with Crippen LogP contribution in [0.4, 0.5) is 13.2 Å². The quantitative estimate of drug-likeness (QED) is 0.652. The lowest BCUT2D eigenvalue weighted by molar-refractivity contribution is -0.137. The standard InChI is InChI=1S/C19H21F3N2O3/c1-26-11-10-23-8-9-24-18(25)14-4-2-6-16(12-14)27-17-7-3-5-15(13-17)19(20,21)22/h2-7,12-13,23H,8-11H2,1H3,(H,24,25). The molecule has 2 rings (SSSR count). The van der Waals surface area contributed by atoms with E-state index in [1.54, 1.807) is 25.3 Å². The van der Waals surface area contributed by atoms with E-state index >= 15 is 0 Å². The smallest absolute Gasteiger partial charge is 0.416 e. The third-order valence-corrected chi connectivity index (χ3v) is 3.56. The molecule has 0 bridgehead atoms. The summed E-state index contributed by atoms with van der Waals surface area (Å²) in [4.78, 5) is 12.2. The molecule has 2 aromatic rings. The van der Waals surface area contributed by atoms with Crippen molar-refractivity contribution in [3.63, 3.8) is 0 Å². The minimum atomic E-state index is -4.45. The second kappa shape index (κ2) is 9.94. The van der Waals surface area contributed by atoms with Crippen molar-refractivity contribution in [2.75, 3.05) is 33.4 Å². The molecule has 27 heavy (non-hydrogen) atoms. The number of carbonyl (C=O) groups excluding carboxylic acids is 1. The highest BCUT2D eigenvalue weighted by molar-refractivity contribution is 5.94. The number of benzene rings is 2. The third kappa shape index (κ3) is 6.92. The molecule has 0 saturated carbocycles. The van der Waals surface area contributed by atoms with Crippen molar-refractivity contribution in [3.8, 4) is 11.5 Å². The molecule has 0 aliphatic heterocycles. The van der Waals surface area contributed by atoms with Crippen molar-refractivity contribution >= 4 is 5.91 Å². The Labute approximate surface area is 155 Å². The van der Waals surface area contributed by atoms with Crippen LogP contribution in [-0.4, -0.2) is 39.3 Å². The molecule has 5 nitrogen and oxygen atoms in total. The number of hydrogen-bond donors (Lipinski definition) is 2. The maximum absolute atomic E-state index is 12.8. The van der Waals surface area contributed by atoms with Gasteiger partial charge in [-0.15, -0.1) is 0 Å². The van der Waals surface area contributed by atoms with Crippen LogP contribution in [0.3, 0.4) is 0 Å². The molecule has 1 amide bonds. The lowest BCUT2D eigenvalue weighted by atomic mass is 10.2. The average molecular weight is 382 g/mol. The lowest BCUT2D eigenvalue weighted by Crippen LogP contribution is -2.33. The predicted molar refractivity (Wildman–Crippen MR) is 95.0 cm³/mol. The van der Waals surface area contributed by atoms with Crippen LogP contribution < -0.4 is 15.4 Å². The largest absolute Gasteiger partial charge is 0.457 e. The Bertz CT molecular complexity index is 751. The summed E-state index contributed by atoms with van der Waals surface area (Å²) in [6.07, 6.45) is -4.45. The van der Waals surface area contributed by atoms with Crippen LogP contribution in [-0.2, 0) is 10.9 Å². The highest BCUT2D eigenvalue weighted by Gasteiger charge is 2.30. The van der Waals surface area contributed by atoms with Gasteiger partial charge in [-0.2, -0.15) is 13.2 Å². The van der Waals surface area contributed by atoms with E-state index in [1.165, 1.54) is 18.2 Å². The summed E-state index contributed by atoms with van der Waals surface area (Å²) in [6, 6.07) is 10.8. The average Bonchev–Trinajstić information content (AvgIpc) is 2.64. The van der Waals surface area contributed by atoms with Gasteiger partial charge in [0.05, 0.1) is 12.2 Å². The van der Waals surface area contributed by atoms with Crippen molar-refractivity contribution < 1.29 is 27.4 Å². The van der Waals surface area contributed by atoms with Gasteiger partial charge in [0.15, 0.2) is 0 Å². The SMILES string of the molecule is COCCNCCNC(=O)c1cccc(Oc2cccc(C(F)(F)F)c2)c1. The fourth-order valence-corrected chi connectivity index (χ4v) is 2.24. The van der Waals surface area contributed by atoms with Crippen LogP contribution in [0.5, 0.6) is 11.5 Å². The number of alkyl halides is 3. The number of ether oxygens (including phenoxy) is 2. The van der Waals surface area contributed by atoms with Crippen molar-refractivity contribution in [3.05, 3.63) is 59.7 Å². The minimum absolute atomic E-state index is 0.0460. The Balaban J connectivity index is 1.94. The van der Waals surface area contributed by atoms with Crippen molar-refractivity contribution in [2.24, 2.45) is 0 Å². The Kier molecular flexibility index (Phi) is 7.63. The summed E-state index contributed by atoms with van der Waals surface area (Å²) in [5.41, 5.74) is -0.439. The molecule has 0 aromatic heterocycles. The Morgan fingerprint density at radius 3 is 2.41 bits per heavy atom. The fraction of sp³-hybridized carbons (Fsp3) is 0.316. The predicted octanol–water partition coefficient (Wildman–Crippen LogP) is 3.46. The summed E-state index contributed by atoms with van der Waals surface area (Å²) >= 11 is 0. The molecule has 2 aromatic carbocycles. The van der Waals surface area contributed by atoms with Gasteiger partial charge in [0.25, 0.3) is 5.91 Å². The van der Waals surface area contributed by atoms with E-state index < -0.39 is 11.7 Å². The minimum Gasteiger partial charge on any atom is -0.457 e. The zero-order valence-electron chi connectivity index (χ0n) is 14.8. The molecule has 146 valence electrons. The molecule has 0 saturated heterocycles. The molecule has 2 N–H and O–H groups in total. The number of halogens is 3. The number of hydrogen-bond acceptors (Lipinski definition) is 4. The van der Waals surface area contributed by atoms with Crippen LogP contribution in [0.25, 0.3) is 0 Å². The van der Waals surface area contributed by atoms with Crippen LogP contribution in [0.1, 0.15) is 15.9 Å². The van der Waals surface area contributed by atoms with Crippen LogP contribution >= 0.6 is 0 Å². The van der Waals surface area contributed by atoms with E-state index in [0.717, 1.165) is 12.1 Å². The summed E-state index contributed by atoms with van der Waals surface area (Å²) < 4.78 is 48.7. The first-order valence-electron chi connectivity index (χ1n) is 8.33.